The fourth-order valence-corrected chi connectivity index (χ4v) is 3.82. The van der Waals surface area contributed by atoms with Crippen LogP contribution in [0.5, 0.6) is 0 Å². The molecule has 164 valence electrons. The average Bonchev–Trinajstić information content (AvgIpc) is 3.03. The molecule has 0 spiro atoms. The number of ketones is 1. The van der Waals surface area contributed by atoms with Crippen molar-refractivity contribution in [3.8, 4) is 11.1 Å². The van der Waals surface area contributed by atoms with E-state index in [4.69, 9.17) is 9.47 Å². The third-order valence-electron chi connectivity index (χ3n) is 5.16. The molecule has 0 saturated heterocycles. The lowest BCUT2D eigenvalue weighted by Crippen LogP contribution is -2.43. The predicted octanol–water partition coefficient (Wildman–Crippen LogP) is 4.60. The first kappa shape index (κ1) is 22.5. The summed E-state index contributed by atoms with van der Waals surface area (Å²) in [6, 6.07) is 15.1. The molecule has 2 aromatic rings. The second kappa shape index (κ2) is 9.33. The highest BCUT2D eigenvalue weighted by atomic mass is 16.6. The van der Waals surface area contributed by atoms with Crippen molar-refractivity contribution < 1.29 is 23.9 Å². The highest BCUT2D eigenvalue weighted by Gasteiger charge is 2.30. The number of carbonyl (C=O) groups is 3. The Labute approximate surface area is 182 Å². The molecule has 0 bridgehead atoms. The van der Waals surface area contributed by atoms with Crippen LogP contribution >= 0.6 is 0 Å². The first-order chi connectivity index (χ1) is 14.7. The third kappa shape index (κ3) is 5.51. The number of carbonyl (C=O) groups excluding carboxylic acids is 3. The van der Waals surface area contributed by atoms with E-state index in [1.807, 2.05) is 36.4 Å². The molecule has 6 heteroatoms. The number of ether oxygens (including phenoxy) is 2. The summed E-state index contributed by atoms with van der Waals surface area (Å²) in [5, 5.41) is 2.54. The van der Waals surface area contributed by atoms with Crippen molar-refractivity contribution in [2.24, 2.45) is 0 Å². The van der Waals surface area contributed by atoms with Crippen molar-refractivity contribution >= 4 is 17.8 Å². The molecule has 0 aliphatic heterocycles. The van der Waals surface area contributed by atoms with Gasteiger partial charge in [-0.25, -0.2) is 4.79 Å². The van der Waals surface area contributed by atoms with Gasteiger partial charge in [0.15, 0.2) is 5.78 Å². The maximum absolute atomic E-state index is 12.5. The Balaban J connectivity index is 1.65. The Morgan fingerprint density at radius 2 is 1.52 bits per heavy atom. The van der Waals surface area contributed by atoms with Gasteiger partial charge in [0.05, 0.1) is 6.42 Å². The van der Waals surface area contributed by atoms with E-state index in [2.05, 4.69) is 17.4 Å². The molecule has 1 N–H and O–H groups in total. The van der Waals surface area contributed by atoms with Crippen molar-refractivity contribution in [3.05, 3.63) is 59.7 Å². The summed E-state index contributed by atoms with van der Waals surface area (Å²) in [5.41, 5.74) is 3.81. The van der Waals surface area contributed by atoms with Gasteiger partial charge < -0.3 is 14.8 Å². The van der Waals surface area contributed by atoms with Crippen molar-refractivity contribution in [2.75, 3.05) is 6.61 Å². The highest BCUT2D eigenvalue weighted by Crippen LogP contribution is 2.44. The normalized spacial score (nSPS) is 13.7. The van der Waals surface area contributed by atoms with Gasteiger partial charge in [-0.1, -0.05) is 55.5 Å². The molecule has 0 heterocycles. The van der Waals surface area contributed by atoms with Crippen LogP contribution in [0.1, 0.15) is 57.6 Å². The van der Waals surface area contributed by atoms with Crippen LogP contribution in [0.15, 0.2) is 48.5 Å². The van der Waals surface area contributed by atoms with Crippen molar-refractivity contribution in [1.82, 2.24) is 5.32 Å². The number of hydrogen-bond donors (Lipinski definition) is 1. The van der Waals surface area contributed by atoms with Crippen molar-refractivity contribution in [2.45, 2.75) is 58.1 Å². The van der Waals surface area contributed by atoms with E-state index in [1.165, 1.54) is 0 Å². The molecule has 0 fully saturated rings. The van der Waals surface area contributed by atoms with E-state index in [-0.39, 0.29) is 31.1 Å². The van der Waals surface area contributed by atoms with Gasteiger partial charge in [-0.2, -0.15) is 0 Å². The molecule has 1 atom stereocenters. The second-order valence-corrected chi connectivity index (χ2v) is 8.63. The number of benzene rings is 2. The van der Waals surface area contributed by atoms with Crippen LogP contribution in [0.2, 0.25) is 0 Å². The zero-order chi connectivity index (χ0) is 22.6. The molecule has 0 aromatic heterocycles. The number of alkyl carbamates (subject to hydrolysis) is 1. The predicted molar refractivity (Wildman–Crippen MR) is 118 cm³/mol. The summed E-state index contributed by atoms with van der Waals surface area (Å²) < 4.78 is 10.8. The largest absolute Gasteiger partial charge is 0.460 e. The van der Waals surface area contributed by atoms with Crippen molar-refractivity contribution in [1.29, 1.82) is 0 Å². The zero-order valence-electron chi connectivity index (χ0n) is 18.4. The van der Waals surface area contributed by atoms with Gasteiger partial charge in [0.25, 0.3) is 0 Å². The number of fused-ring (bicyclic) bond motifs is 3. The number of nitrogens with one attached hydrogen (secondary N) is 1. The second-order valence-electron chi connectivity index (χ2n) is 8.63. The lowest BCUT2D eigenvalue weighted by molar-refractivity contribution is -0.156. The van der Waals surface area contributed by atoms with Crippen LogP contribution in [-0.4, -0.2) is 36.1 Å². The lowest BCUT2D eigenvalue weighted by Gasteiger charge is -2.22. The van der Waals surface area contributed by atoms with Gasteiger partial charge >= 0.3 is 12.1 Å². The minimum absolute atomic E-state index is 0.0793. The lowest BCUT2D eigenvalue weighted by atomic mass is 9.98. The molecule has 2 aromatic carbocycles. The van der Waals surface area contributed by atoms with E-state index in [9.17, 15) is 14.4 Å². The smallest absolute Gasteiger partial charge is 0.407 e. The molecule has 3 rings (SSSR count). The number of Topliss-reactive ketones (excluding diaryl/α,β-unsaturated/α-hetero) is 1. The molecule has 6 nitrogen and oxygen atoms in total. The number of rotatable bonds is 7. The molecule has 0 unspecified atom stereocenters. The minimum atomic E-state index is -0.976. The summed E-state index contributed by atoms with van der Waals surface area (Å²) in [6.45, 7) is 7.07. The van der Waals surface area contributed by atoms with E-state index >= 15 is 0 Å². The quantitative estimate of drug-likeness (QED) is 0.658. The van der Waals surface area contributed by atoms with Crippen LogP contribution in [0, 0.1) is 0 Å². The van der Waals surface area contributed by atoms with Crippen LogP contribution in [0.4, 0.5) is 4.79 Å². The molecule has 1 amide bonds. The fraction of sp³-hybridized carbons (Fsp3) is 0.400. The summed E-state index contributed by atoms with van der Waals surface area (Å²) >= 11 is 0. The van der Waals surface area contributed by atoms with Gasteiger partial charge in [-0.3, -0.25) is 9.59 Å². The maximum Gasteiger partial charge on any atom is 0.407 e. The van der Waals surface area contributed by atoms with Crippen LogP contribution in [0.3, 0.4) is 0 Å². The van der Waals surface area contributed by atoms with Gasteiger partial charge in [-0.15, -0.1) is 0 Å². The Morgan fingerprint density at radius 1 is 0.968 bits per heavy atom. The van der Waals surface area contributed by atoms with Gasteiger partial charge in [0.2, 0.25) is 0 Å². The van der Waals surface area contributed by atoms with Gasteiger partial charge in [-0.05, 0) is 43.0 Å². The van der Waals surface area contributed by atoms with E-state index < -0.39 is 23.7 Å². The average molecular weight is 424 g/mol. The Hall–Kier alpha value is -3.15. The van der Waals surface area contributed by atoms with Gasteiger partial charge in [0, 0.05) is 12.3 Å². The number of hydrogen-bond acceptors (Lipinski definition) is 5. The minimum Gasteiger partial charge on any atom is -0.460 e. The van der Waals surface area contributed by atoms with E-state index in [1.54, 1.807) is 27.7 Å². The van der Waals surface area contributed by atoms with Crippen LogP contribution < -0.4 is 5.32 Å². The standard InChI is InChI=1S/C25H29NO5/c1-5-22(27)21(14-23(28)31-25(2,3)4)26-24(29)30-15-20-18-12-8-6-10-16(18)17-11-7-9-13-19(17)20/h6-13,20-21H,5,14-15H2,1-4H3,(H,26,29)/t21-/m0/s1. The highest BCUT2D eigenvalue weighted by molar-refractivity contribution is 5.91. The number of esters is 1. The summed E-state index contributed by atoms with van der Waals surface area (Å²) in [7, 11) is 0. The number of amides is 1. The molecular formula is C25H29NO5. The molecule has 0 saturated carbocycles. The third-order valence-corrected chi connectivity index (χ3v) is 5.16. The zero-order valence-corrected chi connectivity index (χ0v) is 18.4. The Bertz CT molecular complexity index is 930. The molecule has 1 aliphatic carbocycles. The Kier molecular flexibility index (Phi) is 6.78. The SMILES string of the molecule is CCC(=O)[C@H](CC(=O)OC(C)(C)C)NC(=O)OCC1c2ccccc2-c2ccccc21. The summed E-state index contributed by atoms with van der Waals surface area (Å²) in [4.78, 5) is 36.9. The first-order valence-electron chi connectivity index (χ1n) is 10.6. The molecular weight excluding hydrogens is 394 g/mol. The summed E-state index contributed by atoms with van der Waals surface area (Å²) in [5.74, 6) is -0.873. The molecule has 31 heavy (non-hydrogen) atoms. The Morgan fingerprint density at radius 3 is 2.03 bits per heavy atom. The van der Waals surface area contributed by atoms with Crippen molar-refractivity contribution in [3.63, 3.8) is 0 Å². The maximum atomic E-state index is 12.5. The first-order valence-corrected chi connectivity index (χ1v) is 10.6. The topological polar surface area (TPSA) is 81.7 Å². The van der Waals surface area contributed by atoms with Crippen LogP contribution in [0.25, 0.3) is 11.1 Å². The molecule has 0 radical (unpaired) electrons. The fourth-order valence-electron chi connectivity index (χ4n) is 3.82. The van der Waals surface area contributed by atoms with E-state index in [0.29, 0.717) is 0 Å². The summed E-state index contributed by atoms with van der Waals surface area (Å²) in [6.07, 6.45) is -0.761. The monoisotopic (exact) mass is 423 g/mol. The van der Waals surface area contributed by atoms with Crippen LogP contribution in [-0.2, 0) is 19.1 Å². The van der Waals surface area contributed by atoms with E-state index in [0.717, 1.165) is 22.3 Å². The van der Waals surface area contributed by atoms with Gasteiger partial charge in [0.1, 0.15) is 18.2 Å². The molecule has 1 aliphatic rings.